The molecule has 0 amide bonds. The van der Waals surface area contributed by atoms with Gasteiger partial charge in [0.25, 0.3) is 0 Å². The van der Waals surface area contributed by atoms with E-state index in [0.717, 1.165) is 21.2 Å². The first kappa shape index (κ1) is 12.9. The second-order valence-corrected chi connectivity index (χ2v) is 5.62. The normalized spacial score (nSPS) is 11.6. The van der Waals surface area contributed by atoms with Crippen molar-refractivity contribution in [1.82, 2.24) is 5.32 Å². The highest BCUT2D eigenvalue weighted by molar-refractivity contribution is 9.10. The summed E-state index contributed by atoms with van der Waals surface area (Å²) < 4.78 is 6.92. The van der Waals surface area contributed by atoms with Crippen molar-refractivity contribution >= 4 is 38.5 Å². The Bertz CT molecular complexity index is 548. The largest absolute Gasteiger partial charge is 0.458 e. The Balaban J connectivity index is 2.80. The molecule has 0 bridgehead atoms. The summed E-state index contributed by atoms with van der Waals surface area (Å²) in [7, 11) is 1.91. The van der Waals surface area contributed by atoms with Gasteiger partial charge in [-0.3, -0.25) is 0 Å². The van der Waals surface area contributed by atoms with Gasteiger partial charge in [0.1, 0.15) is 5.76 Å². The highest BCUT2D eigenvalue weighted by Gasteiger charge is 2.20. The molecular formula is C13H15BrClNO. The third-order valence-corrected chi connectivity index (χ3v) is 3.73. The number of hydrogen-bond donors (Lipinski definition) is 1. The summed E-state index contributed by atoms with van der Waals surface area (Å²) in [6, 6.07) is 3.82. The van der Waals surface area contributed by atoms with Crippen LogP contribution in [0.2, 0.25) is 5.02 Å². The second kappa shape index (κ2) is 5.01. The predicted octanol–water partition coefficient (Wildman–Crippen LogP) is 4.69. The number of nitrogens with one attached hydrogen (secondary N) is 1. The molecule has 2 aromatic rings. The maximum Gasteiger partial charge on any atom is 0.154 e. The number of halogens is 2. The number of rotatable bonds is 3. The van der Waals surface area contributed by atoms with Crippen molar-refractivity contribution in [3.63, 3.8) is 0 Å². The monoisotopic (exact) mass is 315 g/mol. The first-order valence-electron chi connectivity index (χ1n) is 5.60. The van der Waals surface area contributed by atoms with E-state index in [4.69, 9.17) is 16.0 Å². The number of hydrogen-bond acceptors (Lipinski definition) is 2. The van der Waals surface area contributed by atoms with E-state index < -0.39 is 0 Å². The van der Waals surface area contributed by atoms with Crippen LogP contribution in [0.1, 0.15) is 31.1 Å². The van der Waals surface area contributed by atoms with Gasteiger partial charge in [-0.1, -0.05) is 41.4 Å². The van der Waals surface area contributed by atoms with Crippen LogP contribution < -0.4 is 5.32 Å². The van der Waals surface area contributed by atoms with Crippen molar-refractivity contribution in [2.75, 3.05) is 7.05 Å². The van der Waals surface area contributed by atoms with Gasteiger partial charge in [-0.2, -0.15) is 0 Å². The molecule has 92 valence electrons. The van der Waals surface area contributed by atoms with Crippen LogP contribution in [0.25, 0.3) is 11.0 Å². The standard InChI is InChI=1S/C13H15BrClNO/c1-7(2)11-10(6-16-3)17-13-9(15)5-4-8(14)12(11)13/h4-5,7,16H,6H2,1-3H3. The summed E-state index contributed by atoms with van der Waals surface area (Å²) in [5.74, 6) is 1.36. The molecule has 0 aliphatic heterocycles. The Morgan fingerprint density at radius 2 is 2.12 bits per heavy atom. The fourth-order valence-corrected chi connectivity index (χ4v) is 2.83. The number of fused-ring (bicyclic) bond motifs is 1. The molecule has 0 aliphatic rings. The molecular weight excluding hydrogens is 302 g/mol. The zero-order valence-electron chi connectivity index (χ0n) is 10.1. The third-order valence-electron chi connectivity index (χ3n) is 2.77. The van der Waals surface area contributed by atoms with Crippen LogP contribution in [0.4, 0.5) is 0 Å². The van der Waals surface area contributed by atoms with Crippen molar-refractivity contribution in [1.29, 1.82) is 0 Å². The molecule has 0 saturated carbocycles. The topological polar surface area (TPSA) is 25.2 Å². The summed E-state index contributed by atoms with van der Waals surface area (Å²) in [6.07, 6.45) is 0. The molecule has 0 aliphatic carbocycles. The third kappa shape index (κ3) is 2.24. The highest BCUT2D eigenvalue weighted by atomic mass is 79.9. The molecule has 17 heavy (non-hydrogen) atoms. The van der Waals surface area contributed by atoms with Crippen LogP contribution in [0, 0.1) is 0 Å². The Hall–Kier alpha value is -0.510. The van der Waals surface area contributed by atoms with E-state index in [9.17, 15) is 0 Å². The van der Waals surface area contributed by atoms with Crippen LogP contribution in [0.5, 0.6) is 0 Å². The fraction of sp³-hybridized carbons (Fsp3) is 0.385. The van der Waals surface area contributed by atoms with Crippen molar-refractivity contribution in [3.8, 4) is 0 Å². The summed E-state index contributed by atoms with van der Waals surface area (Å²) in [6.45, 7) is 5.04. The van der Waals surface area contributed by atoms with Crippen molar-refractivity contribution in [2.24, 2.45) is 0 Å². The summed E-state index contributed by atoms with van der Waals surface area (Å²) in [5, 5.41) is 4.88. The molecule has 1 aromatic carbocycles. The Morgan fingerprint density at radius 3 is 2.71 bits per heavy atom. The molecule has 1 aromatic heterocycles. The molecule has 2 rings (SSSR count). The smallest absolute Gasteiger partial charge is 0.154 e. The molecule has 2 nitrogen and oxygen atoms in total. The van der Waals surface area contributed by atoms with Crippen LogP contribution >= 0.6 is 27.5 Å². The average Bonchev–Trinajstić information content (AvgIpc) is 2.64. The van der Waals surface area contributed by atoms with E-state index in [-0.39, 0.29) is 0 Å². The van der Waals surface area contributed by atoms with Gasteiger partial charge in [-0.05, 0) is 25.1 Å². The molecule has 4 heteroatoms. The Kier molecular flexibility index (Phi) is 3.81. The Labute approximate surface area is 114 Å². The molecule has 0 unspecified atom stereocenters. The Morgan fingerprint density at radius 1 is 1.41 bits per heavy atom. The van der Waals surface area contributed by atoms with E-state index in [1.54, 1.807) is 0 Å². The quantitative estimate of drug-likeness (QED) is 0.888. The first-order valence-corrected chi connectivity index (χ1v) is 6.77. The fourth-order valence-electron chi connectivity index (χ4n) is 2.10. The second-order valence-electron chi connectivity index (χ2n) is 4.36. The maximum atomic E-state index is 6.18. The van der Waals surface area contributed by atoms with Crippen LogP contribution in [-0.4, -0.2) is 7.05 Å². The van der Waals surface area contributed by atoms with Crippen LogP contribution in [-0.2, 0) is 6.54 Å². The maximum absolute atomic E-state index is 6.18. The lowest BCUT2D eigenvalue weighted by Crippen LogP contribution is -2.06. The van der Waals surface area contributed by atoms with Gasteiger partial charge in [0, 0.05) is 15.4 Å². The van der Waals surface area contributed by atoms with E-state index in [2.05, 4.69) is 35.1 Å². The van der Waals surface area contributed by atoms with Crippen molar-refractivity contribution in [2.45, 2.75) is 26.3 Å². The first-order chi connectivity index (χ1) is 8.06. The van der Waals surface area contributed by atoms with Crippen LogP contribution in [0.3, 0.4) is 0 Å². The average molecular weight is 317 g/mol. The molecule has 0 spiro atoms. The SMILES string of the molecule is CNCc1oc2c(Cl)ccc(Br)c2c1C(C)C. The lowest BCUT2D eigenvalue weighted by atomic mass is 9.99. The molecule has 0 radical (unpaired) electrons. The zero-order chi connectivity index (χ0) is 12.6. The molecule has 0 fully saturated rings. The van der Waals surface area contributed by atoms with Gasteiger partial charge < -0.3 is 9.73 Å². The van der Waals surface area contributed by atoms with E-state index in [1.165, 1.54) is 5.56 Å². The minimum absolute atomic E-state index is 0.398. The van der Waals surface area contributed by atoms with E-state index in [0.29, 0.717) is 17.5 Å². The lowest BCUT2D eigenvalue weighted by molar-refractivity contribution is 0.520. The van der Waals surface area contributed by atoms with Gasteiger partial charge in [0.2, 0.25) is 0 Å². The lowest BCUT2D eigenvalue weighted by Gasteiger charge is -2.06. The van der Waals surface area contributed by atoms with Crippen molar-refractivity contribution < 1.29 is 4.42 Å². The molecule has 1 N–H and O–H groups in total. The summed E-state index contributed by atoms with van der Waals surface area (Å²) in [5.41, 5.74) is 2.00. The van der Waals surface area contributed by atoms with Gasteiger partial charge >= 0.3 is 0 Å². The highest BCUT2D eigenvalue weighted by Crippen LogP contribution is 2.39. The van der Waals surface area contributed by atoms with Gasteiger partial charge in [0.15, 0.2) is 5.58 Å². The van der Waals surface area contributed by atoms with Crippen molar-refractivity contribution in [3.05, 3.63) is 33.0 Å². The number of benzene rings is 1. The minimum atomic E-state index is 0.398. The van der Waals surface area contributed by atoms with E-state index in [1.807, 2.05) is 19.2 Å². The van der Waals surface area contributed by atoms with Gasteiger partial charge in [0.05, 0.1) is 11.6 Å². The molecule has 0 atom stereocenters. The predicted molar refractivity (Wildman–Crippen MR) is 75.8 cm³/mol. The number of furan rings is 1. The van der Waals surface area contributed by atoms with Gasteiger partial charge in [-0.25, -0.2) is 0 Å². The summed E-state index contributed by atoms with van der Waals surface area (Å²) in [4.78, 5) is 0. The van der Waals surface area contributed by atoms with Crippen LogP contribution in [0.15, 0.2) is 21.0 Å². The minimum Gasteiger partial charge on any atom is -0.458 e. The molecule has 0 saturated heterocycles. The zero-order valence-corrected chi connectivity index (χ0v) is 12.4. The summed E-state index contributed by atoms with van der Waals surface area (Å²) >= 11 is 9.76. The van der Waals surface area contributed by atoms with E-state index >= 15 is 0 Å². The molecule has 1 heterocycles. The van der Waals surface area contributed by atoms with Gasteiger partial charge in [-0.15, -0.1) is 0 Å².